The number of fused-ring (bicyclic) bond motifs is 7. The number of nitrogens with zero attached hydrogens (tertiary/aromatic N) is 2. The molecule has 12 aromatic rings. The molecule has 0 saturated heterocycles. The molecule has 12 rings (SSSR count). The summed E-state index contributed by atoms with van der Waals surface area (Å²) in [6.45, 7) is 0. The van der Waals surface area contributed by atoms with Crippen LogP contribution in [0.3, 0.4) is 0 Å². The molecule has 3 heteroatoms. The van der Waals surface area contributed by atoms with Gasteiger partial charge in [-0.2, -0.15) is 0 Å². The van der Waals surface area contributed by atoms with Crippen molar-refractivity contribution in [2.24, 2.45) is 0 Å². The van der Waals surface area contributed by atoms with Crippen LogP contribution in [0.2, 0.25) is 0 Å². The normalized spacial score (nSPS) is 11.6. The van der Waals surface area contributed by atoms with Gasteiger partial charge in [-0.15, -0.1) is 0 Å². The van der Waals surface area contributed by atoms with E-state index in [0.717, 1.165) is 44.7 Å². The molecule has 0 radical (unpaired) electrons. The Kier molecular flexibility index (Phi) is 8.17. The van der Waals surface area contributed by atoms with Crippen LogP contribution in [0.1, 0.15) is 0 Å². The van der Waals surface area contributed by atoms with Crippen LogP contribution >= 0.6 is 0 Å². The molecule has 0 unspecified atom stereocenters. The molecule has 2 aromatic heterocycles. The fourth-order valence-corrected chi connectivity index (χ4v) is 9.42. The van der Waals surface area contributed by atoms with Crippen molar-refractivity contribution in [1.29, 1.82) is 0 Å². The lowest BCUT2D eigenvalue weighted by Crippen LogP contribution is -2.10. The molecule has 0 fully saturated rings. The molecule has 0 aliphatic rings. The van der Waals surface area contributed by atoms with Crippen LogP contribution in [0.4, 0.5) is 17.1 Å². The number of aromatic nitrogens is 1. The number of furan rings is 1. The van der Waals surface area contributed by atoms with Gasteiger partial charge in [0.2, 0.25) is 0 Å². The minimum atomic E-state index is 0.862. The van der Waals surface area contributed by atoms with E-state index in [1.165, 1.54) is 66.0 Å². The predicted octanol–water partition coefficient (Wildman–Crippen LogP) is 16.3. The van der Waals surface area contributed by atoms with Gasteiger partial charge >= 0.3 is 0 Å². The molecule has 0 saturated carbocycles. The minimum Gasteiger partial charge on any atom is -0.456 e. The lowest BCUT2D eigenvalue weighted by atomic mass is 9.93. The monoisotopic (exact) mass is 778 g/mol. The van der Waals surface area contributed by atoms with E-state index < -0.39 is 0 Å². The van der Waals surface area contributed by atoms with E-state index in [0.29, 0.717) is 0 Å². The summed E-state index contributed by atoms with van der Waals surface area (Å²) in [6.07, 6.45) is 0. The third-order valence-electron chi connectivity index (χ3n) is 12.2. The smallest absolute Gasteiger partial charge is 0.137 e. The van der Waals surface area contributed by atoms with Gasteiger partial charge in [0.05, 0.1) is 22.1 Å². The Morgan fingerprint density at radius 3 is 1.77 bits per heavy atom. The Bertz CT molecular complexity index is 3580. The van der Waals surface area contributed by atoms with E-state index in [2.05, 4.69) is 234 Å². The maximum atomic E-state index is 6.47. The standard InChI is InChI=1S/C58H38N2O/c1-4-16-39(17-5-1)47-35-34-46(38-51(47)40-18-6-2-7-19-40)59(54-27-15-29-56-58(54)50-23-11-13-28-55(50)61-56)45-33-32-41-36-43(31-30-42(41)37-45)48-24-14-26-53-57(48)49-22-10-12-25-52(49)60(53)44-20-8-3-9-21-44/h1-38H. The second-order valence-electron chi connectivity index (χ2n) is 15.7. The first kappa shape index (κ1) is 34.9. The largest absolute Gasteiger partial charge is 0.456 e. The van der Waals surface area contributed by atoms with E-state index in [-0.39, 0.29) is 0 Å². The van der Waals surface area contributed by atoms with Gasteiger partial charge in [-0.1, -0.05) is 158 Å². The zero-order chi connectivity index (χ0) is 40.3. The first-order valence-electron chi connectivity index (χ1n) is 20.8. The molecule has 0 atom stereocenters. The maximum absolute atomic E-state index is 6.47. The SMILES string of the molecule is c1ccc(-c2ccc(N(c3ccc4cc(-c5cccc6c5c5ccccc5n6-c5ccccc5)ccc4c3)c3cccc4oc5ccccc5c34)cc2-c2ccccc2)cc1. The molecule has 0 spiro atoms. The van der Waals surface area contributed by atoms with Crippen molar-refractivity contribution in [2.75, 3.05) is 4.90 Å². The lowest BCUT2D eigenvalue weighted by molar-refractivity contribution is 0.669. The summed E-state index contributed by atoms with van der Waals surface area (Å²) in [5, 5.41) is 7.04. The van der Waals surface area contributed by atoms with Crippen LogP contribution in [0.15, 0.2) is 235 Å². The molecule has 286 valence electrons. The highest BCUT2D eigenvalue weighted by molar-refractivity contribution is 6.17. The Hall–Kier alpha value is -8.14. The van der Waals surface area contributed by atoms with E-state index in [1.54, 1.807) is 0 Å². The summed E-state index contributed by atoms with van der Waals surface area (Å²) in [5.74, 6) is 0. The molecule has 10 aromatic carbocycles. The van der Waals surface area contributed by atoms with Crippen LogP contribution in [0.25, 0.3) is 93.6 Å². The van der Waals surface area contributed by atoms with Gasteiger partial charge in [0, 0.05) is 33.2 Å². The molecule has 0 aliphatic heterocycles. The predicted molar refractivity (Wildman–Crippen MR) is 257 cm³/mol. The van der Waals surface area contributed by atoms with Gasteiger partial charge in [0.25, 0.3) is 0 Å². The Morgan fingerprint density at radius 2 is 0.951 bits per heavy atom. The Balaban J connectivity index is 1.05. The van der Waals surface area contributed by atoms with Crippen LogP contribution in [-0.2, 0) is 0 Å². The van der Waals surface area contributed by atoms with Crippen molar-refractivity contribution in [1.82, 2.24) is 4.57 Å². The van der Waals surface area contributed by atoms with Gasteiger partial charge in [-0.05, 0) is 117 Å². The van der Waals surface area contributed by atoms with E-state index in [4.69, 9.17) is 4.42 Å². The first-order chi connectivity index (χ1) is 30.3. The molecular weight excluding hydrogens is 741 g/mol. The average molecular weight is 779 g/mol. The molecule has 61 heavy (non-hydrogen) atoms. The molecule has 3 nitrogen and oxygen atoms in total. The highest BCUT2D eigenvalue weighted by atomic mass is 16.3. The van der Waals surface area contributed by atoms with Crippen LogP contribution < -0.4 is 4.90 Å². The quantitative estimate of drug-likeness (QED) is 0.161. The van der Waals surface area contributed by atoms with Crippen LogP contribution in [0.5, 0.6) is 0 Å². The van der Waals surface area contributed by atoms with Gasteiger partial charge in [-0.3, -0.25) is 0 Å². The Morgan fingerprint density at radius 1 is 0.344 bits per heavy atom. The Labute approximate surface area is 353 Å². The topological polar surface area (TPSA) is 21.3 Å². The van der Waals surface area contributed by atoms with Crippen molar-refractivity contribution >= 4 is 71.6 Å². The fraction of sp³-hybridized carbons (Fsp3) is 0. The number of para-hydroxylation sites is 3. The van der Waals surface area contributed by atoms with Gasteiger partial charge in [0.15, 0.2) is 0 Å². The van der Waals surface area contributed by atoms with Crippen molar-refractivity contribution in [3.05, 3.63) is 231 Å². The van der Waals surface area contributed by atoms with Crippen LogP contribution in [0, 0.1) is 0 Å². The zero-order valence-corrected chi connectivity index (χ0v) is 33.2. The number of benzene rings is 10. The molecular formula is C58H38N2O. The highest BCUT2D eigenvalue weighted by Gasteiger charge is 2.22. The maximum Gasteiger partial charge on any atom is 0.137 e. The number of hydrogen-bond acceptors (Lipinski definition) is 2. The van der Waals surface area contributed by atoms with E-state index in [1.807, 2.05) is 6.07 Å². The lowest BCUT2D eigenvalue weighted by Gasteiger charge is -2.28. The molecule has 0 N–H and O–H groups in total. The molecule has 2 heterocycles. The molecule has 0 bridgehead atoms. The summed E-state index contributed by atoms with van der Waals surface area (Å²) in [4.78, 5) is 2.40. The van der Waals surface area contributed by atoms with Crippen molar-refractivity contribution in [3.63, 3.8) is 0 Å². The van der Waals surface area contributed by atoms with Crippen molar-refractivity contribution in [2.45, 2.75) is 0 Å². The minimum absolute atomic E-state index is 0.862. The summed E-state index contributed by atoms with van der Waals surface area (Å²) < 4.78 is 8.85. The summed E-state index contributed by atoms with van der Waals surface area (Å²) >= 11 is 0. The summed E-state index contributed by atoms with van der Waals surface area (Å²) in [5.41, 5.74) is 15.6. The number of anilines is 3. The van der Waals surface area contributed by atoms with Gasteiger partial charge in [-0.25, -0.2) is 0 Å². The highest BCUT2D eigenvalue weighted by Crippen LogP contribution is 2.46. The van der Waals surface area contributed by atoms with Gasteiger partial charge < -0.3 is 13.9 Å². The van der Waals surface area contributed by atoms with Gasteiger partial charge in [0.1, 0.15) is 11.2 Å². The van der Waals surface area contributed by atoms with Crippen LogP contribution in [-0.4, -0.2) is 4.57 Å². The van der Waals surface area contributed by atoms with E-state index in [9.17, 15) is 0 Å². The molecule has 0 amide bonds. The second-order valence-corrected chi connectivity index (χ2v) is 15.7. The second kappa shape index (κ2) is 14.3. The summed E-state index contributed by atoms with van der Waals surface area (Å²) in [7, 11) is 0. The summed E-state index contributed by atoms with van der Waals surface area (Å²) in [6, 6.07) is 82.9. The number of rotatable bonds is 7. The average Bonchev–Trinajstić information content (AvgIpc) is 3.89. The third kappa shape index (κ3) is 5.82. The van der Waals surface area contributed by atoms with Crippen molar-refractivity contribution < 1.29 is 4.42 Å². The zero-order valence-electron chi connectivity index (χ0n) is 33.2. The number of hydrogen-bond donors (Lipinski definition) is 0. The first-order valence-corrected chi connectivity index (χ1v) is 20.8. The van der Waals surface area contributed by atoms with E-state index >= 15 is 0 Å². The third-order valence-corrected chi connectivity index (χ3v) is 12.2. The fourth-order valence-electron chi connectivity index (χ4n) is 9.42. The molecule has 0 aliphatic carbocycles. The van der Waals surface area contributed by atoms with Crippen molar-refractivity contribution in [3.8, 4) is 39.1 Å².